The highest BCUT2D eigenvalue weighted by atomic mass is 19.4. The SMILES string of the molecule is Cc1cc(C(=O)N2CCC3(CC2)c2ccc(C(F)(F)F)n2CCN3CC(=O)N(C)C)ccc1OC(C)C. The zero-order chi connectivity index (χ0) is 27.1. The molecule has 1 saturated heterocycles. The molecule has 10 heteroatoms. The van der Waals surface area contributed by atoms with Crippen LogP contribution in [0.15, 0.2) is 30.3 Å². The molecule has 0 bridgehead atoms. The van der Waals surface area contributed by atoms with E-state index >= 15 is 0 Å². The summed E-state index contributed by atoms with van der Waals surface area (Å²) in [7, 11) is 3.34. The maximum atomic E-state index is 13.7. The number of amides is 2. The number of carbonyl (C=O) groups is 2. The van der Waals surface area contributed by atoms with Crippen molar-refractivity contribution in [1.29, 1.82) is 0 Å². The first-order valence-corrected chi connectivity index (χ1v) is 12.6. The largest absolute Gasteiger partial charge is 0.491 e. The molecule has 0 unspecified atom stereocenters. The van der Waals surface area contributed by atoms with Crippen molar-refractivity contribution in [2.45, 2.75) is 58.0 Å². The number of alkyl halides is 3. The van der Waals surface area contributed by atoms with Crippen LogP contribution in [0.5, 0.6) is 5.75 Å². The molecule has 2 aromatic rings. The van der Waals surface area contributed by atoms with E-state index in [1.807, 2.05) is 31.7 Å². The number of hydrogen-bond acceptors (Lipinski definition) is 4. The molecule has 1 aromatic carbocycles. The summed E-state index contributed by atoms with van der Waals surface area (Å²) in [6.45, 7) is 7.13. The Labute approximate surface area is 215 Å². The van der Waals surface area contributed by atoms with Gasteiger partial charge in [-0.3, -0.25) is 14.5 Å². The highest BCUT2D eigenvalue weighted by molar-refractivity contribution is 5.94. The predicted molar refractivity (Wildman–Crippen MR) is 133 cm³/mol. The molecule has 2 amide bonds. The average Bonchev–Trinajstić information content (AvgIpc) is 3.28. The molecule has 1 fully saturated rings. The summed E-state index contributed by atoms with van der Waals surface area (Å²) < 4.78 is 48.2. The predicted octanol–water partition coefficient (Wildman–Crippen LogP) is 4.14. The van der Waals surface area contributed by atoms with Crippen LogP contribution in [0.3, 0.4) is 0 Å². The minimum absolute atomic E-state index is 0.0214. The fourth-order valence-corrected chi connectivity index (χ4v) is 5.50. The van der Waals surface area contributed by atoms with E-state index < -0.39 is 17.4 Å². The lowest BCUT2D eigenvalue weighted by Crippen LogP contribution is -2.59. The third-order valence-corrected chi connectivity index (χ3v) is 7.43. The number of rotatable bonds is 5. The van der Waals surface area contributed by atoms with Crippen LogP contribution < -0.4 is 4.74 Å². The van der Waals surface area contributed by atoms with Crippen LogP contribution >= 0.6 is 0 Å². The van der Waals surface area contributed by atoms with Gasteiger partial charge in [0.15, 0.2) is 0 Å². The number of benzene rings is 1. The lowest BCUT2D eigenvalue weighted by atomic mass is 9.80. The standard InChI is InChI=1S/C27H35F3N4O3/c1-18(2)37-21-7-6-20(16-19(21)3)25(36)32-12-10-26(11-13-32)22-8-9-23(27(28,29)30)34(22)15-14-33(26)17-24(35)31(4)5/h6-9,16,18H,10-15,17H2,1-5H3. The minimum atomic E-state index is -4.46. The van der Waals surface area contributed by atoms with Gasteiger partial charge in [-0.15, -0.1) is 0 Å². The summed E-state index contributed by atoms with van der Waals surface area (Å²) in [5, 5.41) is 0. The van der Waals surface area contributed by atoms with Crippen molar-refractivity contribution in [3.63, 3.8) is 0 Å². The van der Waals surface area contributed by atoms with Crippen LogP contribution in [0.1, 0.15) is 54.0 Å². The van der Waals surface area contributed by atoms with Gasteiger partial charge >= 0.3 is 6.18 Å². The van der Waals surface area contributed by atoms with Crippen molar-refractivity contribution in [2.24, 2.45) is 0 Å². The van der Waals surface area contributed by atoms with Crippen molar-refractivity contribution >= 4 is 11.8 Å². The van der Waals surface area contributed by atoms with Crippen molar-refractivity contribution in [2.75, 3.05) is 40.3 Å². The normalized spacial score (nSPS) is 17.7. The van der Waals surface area contributed by atoms with Crippen molar-refractivity contribution in [3.05, 3.63) is 52.8 Å². The van der Waals surface area contributed by atoms with E-state index in [1.165, 1.54) is 9.47 Å². The molecular weight excluding hydrogens is 485 g/mol. The Morgan fingerprint density at radius 1 is 1.05 bits per heavy atom. The fourth-order valence-electron chi connectivity index (χ4n) is 5.50. The quantitative estimate of drug-likeness (QED) is 0.595. The van der Waals surface area contributed by atoms with Gasteiger partial charge in [0.2, 0.25) is 5.91 Å². The van der Waals surface area contributed by atoms with E-state index in [1.54, 1.807) is 37.2 Å². The second-order valence-corrected chi connectivity index (χ2v) is 10.4. The van der Waals surface area contributed by atoms with Gasteiger partial charge in [-0.1, -0.05) is 0 Å². The average molecular weight is 521 g/mol. The van der Waals surface area contributed by atoms with Crippen LogP contribution in [-0.2, 0) is 23.1 Å². The Morgan fingerprint density at radius 3 is 2.30 bits per heavy atom. The van der Waals surface area contributed by atoms with Gasteiger partial charge in [-0.05, 0) is 69.5 Å². The molecule has 1 spiro atoms. The number of carbonyl (C=O) groups excluding carboxylic acids is 2. The summed E-state index contributed by atoms with van der Waals surface area (Å²) in [5.74, 6) is 0.508. The number of halogens is 3. The van der Waals surface area contributed by atoms with Crippen LogP contribution in [0.4, 0.5) is 13.2 Å². The molecular formula is C27H35F3N4O3. The summed E-state index contributed by atoms with van der Waals surface area (Å²) in [6, 6.07) is 8.04. The second-order valence-electron chi connectivity index (χ2n) is 10.4. The highest BCUT2D eigenvalue weighted by Gasteiger charge is 2.49. The maximum Gasteiger partial charge on any atom is 0.431 e. The second kappa shape index (κ2) is 10.0. The number of likely N-dealkylation sites (tertiary alicyclic amines) is 1. The third kappa shape index (κ3) is 5.21. The molecule has 0 N–H and O–H groups in total. The van der Waals surface area contributed by atoms with E-state index in [2.05, 4.69) is 0 Å². The lowest BCUT2D eigenvalue weighted by molar-refractivity contribution is -0.146. The molecule has 37 heavy (non-hydrogen) atoms. The van der Waals surface area contributed by atoms with Gasteiger partial charge < -0.3 is 19.1 Å². The van der Waals surface area contributed by atoms with Crippen molar-refractivity contribution < 1.29 is 27.5 Å². The van der Waals surface area contributed by atoms with Crippen LogP contribution in [-0.4, -0.2) is 77.5 Å². The third-order valence-electron chi connectivity index (χ3n) is 7.43. The number of hydrogen-bond donors (Lipinski definition) is 0. The van der Waals surface area contributed by atoms with Crippen LogP contribution in [0.25, 0.3) is 0 Å². The molecule has 2 aliphatic heterocycles. The zero-order valence-corrected chi connectivity index (χ0v) is 22.1. The number of aryl methyl sites for hydroxylation is 1. The van der Waals surface area contributed by atoms with E-state index in [4.69, 9.17) is 4.74 Å². The summed E-state index contributed by atoms with van der Waals surface area (Å²) in [5.41, 5.74) is 0.561. The molecule has 202 valence electrons. The van der Waals surface area contributed by atoms with Crippen molar-refractivity contribution in [1.82, 2.24) is 19.3 Å². The number of fused-ring (bicyclic) bond motifs is 2. The Bertz CT molecular complexity index is 1160. The Morgan fingerprint density at radius 2 is 1.73 bits per heavy atom. The molecule has 0 radical (unpaired) electrons. The number of likely N-dealkylation sites (N-methyl/N-ethyl adjacent to an activating group) is 1. The first kappa shape index (κ1) is 27.0. The fraction of sp³-hybridized carbons (Fsp3) is 0.556. The Hall–Kier alpha value is -3.01. The maximum absolute atomic E-state index is 13.7. The van der Waals surface area contributed by atoms with Gasteiger partial charge in [0.05, 0.1) is 18.2 Å². The van der Waals surface area contributed by atoms with Gasteiger partial charge in [-0.25, -0.2) is 0 Å². The molecule has 0 aliphatic carbocycles. The summed E-state index contributed by atoms with van der Waals surface area (Å²) in [4.78, 5) is 31.2. The molecule has 7 nitrogen and oxygen atoms in total. The van der Waals surface area contributed by atoms with Gasteiger partial charge in [0, 0.05) is 51.5 Å². The smallest absolute Gasteiger partial charge is 0.431 e. The summed E-state index contributed by atoms with van der Waals surface area (Å²) in [6.07, 6.45) is -3.56. The van der Waals surface area contributed by atoms with E-state index in [9.17, 15) is 22.8 Å². The number of nitrogens with zero attached hydrogens (tertiary/aromatic N) is 4. The summed E-state index contributed by atoms with van der Waals surface area (Å²) >= 11 is 0. The first-order chi connectivity index (χ1) is 17.3. The van der Waals surface area contributed by atoms with Crippen LogP contribution in [0, 0.1) is 6.92 Å². The molecule has 4 rings (SSSR count). The first-order valence-electron chi connectivity index (χ1n) is 12.6. The van der Waals surface area contributed by atoms with Gasteiger partial charge in [0.1, 0.15) is 11.4 Å². The molecule has 3 heterocycles. The highest BCUT2D eigenvalue weighted by Crippen LogP contribution is 2.44. The molecule has 2 aliphatic rings. The van der Waals surface area contributed by atoms with E-state index in [-0.39, 0.29) is 31.0 Å². The van der Waals surface area contributed by atoms with Gasteiger partial charge in [-0.2, -0.15) is 13.2 Å². The Kier molecular flexibility index (Phi) is 7.34. The molecule has 0 atom stereocenters. The number of aromatic nitrogens is 1. The number of piperidine rings is 1. The monoisotopic (exact) mass is 520 g/mol. The van der Waals surface area contributed by atoms with Crippen LogP contribution in [0.2, 0.25) is 0 Å². The lowest BCUT2D eigenvalue weighted by Gasteiger charge is -2.52. The molecule has 1 aromatic heterocycles. The topological polar surface area (TPSA) is 58.0 Å². The van der Waals surface area contributed by atoms with E-state index in [0.717, 1.165) is 17.4 Å². The van der Waals surface area contributed by atoms with E-state index in [0.29, 0.717) is 43.7 Å². The van der Waals surface area contributed by atoms with Gasteiger partial charge in [0.25, 0.3) is 5.91 Å². The van der Waals surface area contributed by atoms with Crippen molar-refractivity contribution in [3.8, 4) is 5.75 Å². The molecule has 0 saturated carbocycles. The zero-order valence-electron chi connectivity index (χ0n) is 22.1. The Balaban J connectivity index is 1.59. The number of ether oxygens (including phenoxy) is 1. The minimum Gasteiger partial charge on any atom is -0.491 e.